The molecule has 1 aromatic heterocycles. The zero-order valence-corrected chi connectivity index (χ0v) is 15.4. The van der Waals surface area contributed by atoms with Crippen molar-refractivity contribution in [3.63, 3.8) is 0 Å². The Morgan fingerprint density at radius 1 is 1.10 bits per heavy atom. The SMILES string of the molecule is O=C(Cc1cncc2ccccc12)N1CCCC1c1cccc(C(F)(F)F)c1F. The van der Waals surface area contributed by atoms with E-state index in [9.17, 15) is 22.4 Å². The zero-order chi connectivity index (χ0) is 20.6. The van der Waals surface area contributed by atoms with Crippen molar-refractivity contribution < 1.29 is 22.4 Å². The van der Waals surface area contributed by atoms with Crippen LogP contribution < -0.4 is 0 Å². The van der Waals surface area contributed by atoms with Gasteiger partial charge in [-0.1, -0.05) is 36.4 Å². The first-order valence-electron chi connectivity index (χ1n) is 9.33. The van der Waals surface area contributed by atoms with E-state index in [1.54, 1.807) is 12.4 Å². The van der Waals surface area contributed by atoms with Gasteiger partial charge in [0.15, 0.2) is 0 Å². The molecule has 0 N–H and O–H groups in total. The molecule has 2 aromatic carbocycles. The van der Waals surface area contributed by atoms with Crippen LogP contribution in [0.15, 0.2) is 54.9 Å². The number of alkyl halides is 3. The Hall–Kier alpha value is -2.96. The van der Waals surface area contributed by atoms with Crippen molar-refractivity contribution in [3.05, 3.63) is 77.4 Å². The number of hydrogen-bond donors (Lipinski definition) is 0. The van der Waals surface area contributed by atoms with Crippen LogP contribution in [0.1, 0.15) is 35.6 Å². The molecule has 29 heavy (non-hydrogen) atoms. The Bertz CT molecular complexity index is 1060. The number of carbonyl (C=O) groups is 1. The third-order valence-electron chi connectivity index (χ3n) is 5.36. The number of halogens is 4. The molecular weight excluding hydrogens is 384 g/mol. The number of pyridine rings is 1. The van der Waals surface area contributed by atoms with Crippen molar-refractivity contribution in [2.45, 2.75) is 31.5 Å². The van der Waals surface area contributed by atoms with Crippen LogP contribution in [0, 0.1) is 5.82 Å². The van der Waals surface area contributed by atoms with Gasteiger partial charge in [0.05, 0.1) is 18.0 Å². The fourth-order valence-corrected chi connectivity index (χ4v) is 4.00. The lowest BCUT2D eigenvalue weighted by Crippen LogP contribution is -2.32. The quantitative estimate of drug-likeness (QED) is 0.557. The van der Waals surface area contributed by atoms with E-state index in [0.717, 1.165) is 22.4 Å². The first-order chi connectivity index (χ1) is 13.9. The van der Waals surface area contributed by atoms with Crippen LogP contribution in [0.3, 0.4) is 0 Å². The summed E-state index contributed by atoms with van der Waals surface area (Å²) in [6.45, 7) is 0.386. The highest BCUT2D eigenvalue weighted by molar-refractivity contribution is 5.89. The second kappa shape index (κ2) is 7.46. The van der Waals surface area contributed by atoms with Crippen molar-refractivity contribution in [1.29, 1.82) is 0 Å². The average molecular weight is 402 g/mol. The van der Waals surface area contributed by atoms with Gasteiger partial charge in [-0.3, -0.25) is 9.78 Å². The van der Waals surface area contributed by atoms with E-state index in [-0.39, 0.29) is 17.9 Å². The molecule has 0 aliphatic carbocycles. The Morgan fingerprint density at radius 3 is 2.69 bits per heavy atom. The van der Waals surface area contributed by atoms with Gasteiger partial charge in [0.2, 0.25) is 5.91 Å². The first-order valence-corrected chi connectivity index (χ1v) is 9.33. The molecule has 4 rings (SSSR count). The second-order valence-corrected chi connectivity index (χ2v) is 7.15. The van der Waals surface area contributed by atoms with Crippen molar-refractivity contribution in [2.75, 3.05) is 6.54 Å². The van der Waals surface area contributed by atoms with Crippen molar-refractivity contribution in [2.24, 2.45) is 0 Å². The van der Waals surface area contributed by atoms with Crippen LogP contribution in [0.5, 0.6) is 0 Å². The van der Waals surface area contributed by atoms with Gasteiger partial charge in [0, 0.05) is 29.9 Å². The summed E-state index contributed by atoms with van der Waals surface area (Å²) in [6, 6.07) is 10.1. The lowest BCUT2D eigenvalue weighted by molar-refractivity contribution is -0.140. The summed E-state index contributed by atoms with van der Waals surface area (Å²) in [5.74, 6) is -1.54. The molecular formula is C22H18F4N2O. The Kier molecular flexibility index (Phi) is 4.98. The van der Waals surface area contributed by atoms with Crippen molar-refractivity contribution >= 4 is 16.7 Å². The molecule has 150 valence electrons. The number of fused-ring (bicyclic) bond motifs is 1. The molecule has 0 saturated carbocycles. The Labute approximate surface area is 165 Å². The normalized spacial score (nSPS) is 17.1. The highest BCUT2D eigenvalue weighted by atomic mass is 19.4. The maximum Gasteiger partial charge on any atom is 0.419 e. The Balaban J connectivity index is 1.63. The molecule has 7 heteroatoms. The minimum absolute atomic E-state index is 0.0609. The number of nitrogens with zero attached hydrogens (tertiary/aromatic N) is 2. The van der Waals surface area contributed by atoms with E-state index in [1.165, 1.54) is 17.0 Å². The highest BCUT2D eigenvalue weighted by Gasteiger charge is 2.38. The second-order valence-electron chi connectivity index (χ2n) is 7.15. The van der Waals surface area contributed by atoms with Crippen LogP contribution in [-0.4, -0.2) is 22.3 Å². The molecule has 1 saturated heterocycles. The van der Waals surface area contributed by atoms with Crippen LogP contribution in [0.4, 0.5) is 17.6 Å². The number of hydrogen-bond acceptors (Lipinski definition) is 2. The predicted octanol–water partition coefficient (Wildman–Crippen LogP) is 5.30. The minimum atomic E-state index is -4.78. The van der Waals surface area contributed by atoms with Gasteiger partial charge in [-0.05, 0) is 29.9 Å². The van der Waals surface area contributed by atoms with Gasteiger partial charge >= 0.3 is 6.18 Å². The predicted molar refractivity (Wildman–Crippen MR) is 101 cm³/mol. The molecule has 1 atom stereocenters. The Morgan fingerprint density at radius 2 is 1.90 bits per heavy atom. The summed E-state index contributed by atoms with van der Waals surface area (Å²) in [5, 5.41) is 1.80. The first kappa shape index (κ1) is 19.4. The topological polar surface area (TPSA) is 33.2 Å². The molecule has 3 aromatic rings. The summed E-state index contributed by atoms with van der Waals surface area (Å²) in [5.41, 5.74) is -0.641. The van der Waals surface area contributed by atoms with Gasteiger partial charge in [-0.2, -0.15) is 13.2 Å². The summed E-state index contributed by atoms with van der Waals surface area (Å²) in [4.78, 5) is 18.6. The van der Waals surface area contributed by atoms with E-state index in [2.05, 4.69) is 4.98 Å². The van der Waals surface area contributed by atoms with Gasteiger partial charge < -0.3 is 4.90 Å². The highest BCUT2D eigenvalue weighted by Crippen LogP contribution is 2.39. The van der Waals surface area contributed by atoms with E-state index in [4.69, 9.17) is 0 Å². The zero-order valence-electron chi connectivity index (χ0n) is 15.4. The number of amides is 1. The molecule has 1 amide bonds. The molecule has 2 heterocycles. The number of carbonyl (C=O) groups excluding carboxylic acids is 1. The summed E-state index contributed by atoms with van der Waals surface area (Å²) < 4.78 is 53.9. The van der Waals surface area contributed by atoms with Crippen molar-refractivity contribution in [1.82, 2.24) is 9.88 Å². The molecule has 1 unspecified atom stereocenters. The van der Waals surface area contributed by atoms with E-state index in [0.29, 0.717) is 19.4 Å². The van der Waals surface area contributed by atoms with E-state index in [1.807, 2.05) is 24.3 Å². The number of benzene rings is 2. The fourth-order valence-electron chi connectivity index (χ4n) is 4.00. The third kappa shape index (κ3) is 3.69. The van der Waals surface area contributed by atoms with Gasteiger partial charge in [0.1, 0.15) is 5.82 Å². The largest absolute Gasteiger partial charge is 0.419 e. The van der Waals surface area contributed by atoms with Crippen LogP contribution in [-0.2, 0) is 17.4 Å². The lowest BCUT2D eigenvalue weighted by Gasteiger charge is -2.26. The number of likely N-dealkylation sites (tertiary alicyclic amines) is 1. The summed E-state index contributed by atoms with van der Waals surface area (Å²) >= 11 is 0. The molecule has 0 bridgehead atoms. The fraction of sp³-hybridized carbons (Fsp3) is 0.273. The average Bonchev–Trinajstić information content (AvgIpc) is 3.17. The van der Waals surface area contributed by atoms with E-state index >= 15 is 0 Å². The van der Waals surface area contributed by atoms with Crippen LogP contribution in [0.25, 0.3) is 10.8 Å². The molecule has 1 aliphatic rings. The number of rotatable bonds is 3. The van der Waals surface area contributed by atoms with Gasteiger partial charge in [0.25, 0.3) is 0 Å². The minimum Gasteiger partial charge on any atom is -0.335 e. The third-order valence-corrected chi connectivity index (χ3v) is 5.36. The molecule has 1 fully saturated rings. The summed E-state index contributed by atoms with van der Waals surface area (Å²) in [7, 11) is 0. The molecule has 1 aliphatic heterocycles. The van der Waals surface area contributed by atoms with Crippen LogP contribution in [0.2, 0.25) is 0 Å². The smallest absolute Gasteiger partial charge is 0.335 e. The molecule has 0 radical (unpaired) electrons. The monoisotopic (exact) mass is 402 g/mol. The van der Waals surface area contributed by atoms with Crippen molar-refractivity contribution in [3.8, 4) is 0 Å². The van der Waals surface area contributed by atoms with Crippen LogP contribution >= 0.6 is 0 Å². The van der Waals surface area contributed by atoms with E-state index < -0.39 is 23.6 Å². The molecule has 0 spiro atoms. The standard InChI is InChI=1S/C22H18F4N2O/c23-21-17(7-3-8-18(21)22(24,25)26)19-9-4-10-28(19)20(29)11-15-13-27-12-14-5-1-2-6-16(14)15/h1-3,5-8,12-13,19H,4,9-11H2. The number of aromatic nitrogens is 1. The maximum atomic E-state index is 14.6. The van der Waals surface area contributed by atoms with Gasteiger partial charge in [-0.15, -0.1) is 0 Å². The lowest BCUT2D eigenvalue weighted by atomic mass is 9.99. The van der Waals surface area contributed by atoms with Gasteiger partial charge in [-0.25, -0.2) is 4.39 Å². The maximum absolute atomic E-state index is 14.6. The molecule has 3 nitrogen and oxygen atoms in total. The summed E-state index contributed by atoms with van der Waals surface area (Å²) in [6.07, 6.45) is -0.346.